The number of rotatable bonds is 3. The van der Waals surface area contributed by atoms with E-state index < -0.39 is 0 Å². The number of hydrogen-bond donors (Lipinski definition) is 0. The topological polar surface area (TPSA) is 58.4 Å². The van der Waals surface area contributed by atoms with Gasteiger partial charge >= 0.3 is 0 Å². The first-order valence-corrected chi connectivity index (χ1v) is 10.6. The molecule has 2 saturated heterocycles. The van der Waals surface area contributed by atoms with Crippen LogP contribution in [0.4, 0.5) is 0 Å². The molecule has 0 aliphatic carbocycles. The molecule has 0 unspecified atom stereocenters. The molecule has 3 aromatic rings. The van der Waals surface area contributed by atoms with Crippen LogP contribution in [0.15, 0.2) is 54.6 Å². The van der Waals surface area contributed by atoms with E-state index in [0.717, 1.165) is 16.6 Å². The van der Waals surface area contributed by atoms with Crippen molar-refractivity contribution in [1.82, 2.24) is 19.4 Å². The van der Waals surface area contributed by atoms with E-state index in [1.165, 1.54) is 0 Å². The molecule has 3 atom stereocenters. The second kappa shape index (κ2) is 7.27. The van der Waals surface area contributed by atoms with Gasteiger partial charge in [-0.1, -0.05) is 49.4 Å². The van der Waals surface area contributed by atoms with Gasteiger partial charge in [0.05, 0.1) is 17.1 Å². The van der Waals surface area contributed by atoms with Gasteiger partial charge in [-0.25, -0.2) is 4.98 Å². The average Bonchev–Trinajstić information content (AvgIpc) is 3.44. The molecule has 2 aliphatic rings. The van der Waals surface area contributed by atoms with Crippen LogP contribution in [-0.4, -0.2) is 50.8 Å². The summed E-state index contributed by atoms with van der Waals surface area (Å²) in [6.45, 7) is 3.95. The number of hydrogen-bond acceptors (Lipinski definition) is 3. The summed E-state index contributed by atoms with van der Waals surface area (Å²) in [5.74, 6) is 1.19. The Hall–Kier alpha value is -3.15. The molecule has 2 amide bonds. The van der Waals surface area contributed by atoms with Crippen molar-refractivity contribution in [3.63, 3.8) is 0 Å². The lowest BCUT2D eigenvalue weighted by molar-refractivity contribution is -0.132. The van der Waals surface area contributed by atoms with E-state index in [9.17, 15) is 9.59 Å². The first-order valence-electron chi connectivity index (χ1n) is 10.6. The Kier molecular flexibility index (Phi) is 4.57. The van der Waals surface area contributed by atoms with Gasteiger partial charge in [0.2, 0.25) is 5.91 Å². The van der Waals surface area contributed by atoms with Crippen molar-refractivity contribution in [1.29, 1.82) is 0 Å². The molecule has 30 heavy (non-hydrogen) atoms. The molecule has 0 spiro atoms. The number of carbonyl (C=O) groups excluding carboxylic acids is 2. The fourth-order valence-electron chi connectivity index (χ4n) is 5.23. The second-order valence-electron chi connectivity index (χ2n) is 8.37. The summed E-state index contributed by atoms with van der Waals surface area (Å²) in [6.07, 6.45) is 0.505. The number of amides is 2. The molecule has 0 N–H and O–H groups in total. The number of para-hydroxylation sites is 2. The minimum atomic E-state index is -0.0247. The molecule has 5 rings (SSSR count). The van der Waals surface area contributed by atoms with Gasteiger partial charge in [-0.2, -0.15) is 0 Å². The van der Waals surface area contributed by atoms with Crippen LogP contribution in [-0.2, 0) is 11.8 Å². The van der Waals surface area contributed by atoms with Crippen LogP contribution < -0.4 is 0 Å². The standard InChI is InChI=1S/C24H26N4O2/c1-3-21(29)28-14-17-13-27(15-18(17)22(28)16-9-5-4-6-10-16)24(30)23-25-19-11-7-8-12-20(19)26(23)2/h4-12,17-18,22H,3,13-15H2,1-2H3/t17-,18-,22+/m0/s1. The van der Waals surface area contributed by atoms with Crippen molar-refractivity contribution in [2.75, 3.05) is 19.6 Å². The van der Waals surface area contributed by atoms with Crippen molar-refractivity contribution in [2.24, 2.45) is 18.9 Å². The zero-order valence-corrected chi connectivity index (χ0v) is 17.4. The van der Waals surface area contributed by atoms with Gasteiger partial charge in [0.1, 0.15) is 0 Å². The van der Waals surface area contributed by atoms with Crippen LogP contribution in [0.5, 0.6) is 0 Å². The van der Waals surface area contributed by atoms with Crippen LogP contribution in [0.3, 0.4) is 0 Å². The van der Waals surface area contributed by atoms with Crippen molar-refractivity contribution >= 4 is 22.8 Å². The highest BCUT2D eigenvalue weighted by molar-refractivity contribution is 5.95. The van der Waals surface area contributed by atoms with Crippen molar-refractivity contribution in [3.05, 3.63) is 66.0 Å². The Bertz CT molecular complexity index is 1110. The minimum absolute atomic E-state index is 0.0247. The van der Waals surface area contributed by atoms with Gasteiger partial charge in [0, 0.05) is 44.9 Å². The summed E-state index contributed by atoms with van der Waals surface area (Å²) < 4.78 is 1.88. The van der Waals surface area contributed by atoms with Gasteiger partial charge in [-0.15, -0.1) is 0 Å². The number of aryl methyl sites for hydroxylation is 1. The number of aromatic nitrogens is 2. The lowest BCUT2D eigenvalue weighted by Gasteiger charge is -2.29. The van der Waals surface area contributed by atoms with Crippen LogP contribution in [0.2, 0.25) is 0 Å². The van der Waals surface area contributed by atoms with E-state index >= 15 is 0 Å². The normalized spacial score (nSPS) is 23.2. The van der Waals surface area contributed by atoms with Crippen LogP contribution >= 0.6 is 0 Å². The molecule has 3 heterocycles. The van der Waals surface area contributed by atoms with Gasteiger partial charge in [0.25, 0.3) is 5.91 Å². The second-order valence-corrected chi connectivity index (χ2v) is 8.37. The first kappa shape index (κ1) is 18.9. The number of carbonyl (C=O) groups is 2. The fourth-order valence-corrected chi connectivity index (χ4v) is 5.23. The Morgan fingerprint density at radius 3 is 2.47 bits per heavy atom. The first-order chi connectivity index (χ1) is 14.6. The lowest BCUT2D eigenvalue weighted by atomic mass is 9.89. The summed E-state index contributed by atoms with van der Waals surface area (Å²) in [5.41, 5.74) is 2.95. The summed E-state index contributed by atoms with van der Waals surface area (Å²) in [4.78, 5) is 34.5. The van der Waals surface area contributed by atoms with Crippen molar-refractivity contribution < 1.29 is 9.59 Å². The number of fused-ring (bicyclic) bond motifs is 2. The van der Waals surface area contributed by atoms with Crippen molar-refractivity contribution in [3.8, 4) is 0 Å². The quantitative estimate of drug-likeness (QED) is 0.676. The van der Waals surface area contributed by atoms with Gasteiger partial charge in [-0.05, 0) is 17.7 Å². The smallest absolute Gasteiger partial charge is 0.289 e. The molecule has 0 saturated carbocycles. The third kappa shape index (κ3) is 2.90. The zero-order chi connectivity index (χ0) is 20.8. The molecule has 6 heteroatoms. The summed E-state index contributed by atoms with van der Waals surface area (Å²) in [5, 5.41) is 0. The highest BCUT2D eigenvalue weighted by atomic mass is 16.2. The highest BCUT2D eigenvalue weighted by Gasteiger charge is 2.50. The molecular formula is C24H26N4O2. The fraction of sp³-hybridized carbons (Fsp3) is 0.375. The van der Waals surface area contributed by atoms with E-state index in [2.05, 4.69) is 17.1 Å². The van der Waals surface area contributed by atoms with E-state index in [1.54, 1.807) is 0 Å². The molecule has 2 aromatic carbocycles. The summed E-state index contributed by atoms with van der Waals surface area (Å²) in [7, 11) is 1.90. The molecule has 1 aromatic heterocycles. The van der Waals surface area contributed by atoms with Crippen molar-refractivity contribution in [2.45, 2.75) is 19.4 Å². The Balaban J connectivity index is 1.43. The van der Waals surface area contributed by atoms with Gasteiger partial charge < -0.3 is 14.4 Å². The molecule has 2 fully saturated rings. The summed E-state index contributed by atoms with van der Waals surface area (Å²) >= 11 is 0. The maximum Gasteiger partial charge on any atom is 0.289 e. The Morgan fingerprint density at radius 2 is 1.73 bits per heavy atom. The largest absolute Gasteiger partial charge is 0.335 e. The number of likely N-dealkylation sites (tertiary alicyclic amines) is 2. The SMILES string of the molecule is CCC(=O)N1C[C@@H]2CN(C(=O)c3nc4ccccc4n3C)C[C@@H]2[C@H]1c1ccccc1. The van der Waals surface area contributed by atoms with Crippen LogP contribution in [0, 0.1) is 11.8 Å². The Morgan fingerprint density at radius 1 is 1.00 bits per heavy atom. The van der Waals surface area contributed by atoms with Crippen LogP contribution in [0.25, 0.3) is 11.0 Å². The zero-order valence-electron chi connectivity index (χ0n) is 17.4. The third-order valence-electron chi connectivity index (χ3n) is 6.69. The molecule has 0 radical (unpaired) electrons. The van der Waals surface area contributed by atoms with Gasteiger partial charge in [-0.3, -0.25) is 9.59 Å². The molecule has 0 bridgehead atoms. The maximum absolute atomic E-state index is 13.3. The molecule has 6 nitrogen and oxygen atoms in total. The van der Waals surface area contributed by atoms with Gasteiger partial charge in [0.15, 0.2) is 5.82 Å². The predicted molar refractivity (Wildman–Crippen MR) is 115 cm³/mol. The molecule has 2 aliphatic heterocycles. The number of benzene rings is 2. The minimum Gasteiger partial charge on any atom is -0.335 e. The number of nitrogens with zero attached hydrogens (tertiary/aromatic N) is 4. The van der Waals surface area contributed by atoms with Crippen LogP contribution in [0.1, 0.15) is 35.6 Å². The molecular weight excluding hydrogens is 376 g/mol. The monoisotopic (exact) mass is 402 g/mol. The lowest BCUT2D eigenvalue weighted by Crippen LogP contribution is -2.37. The van der Waals surface area contributed by atoms with E-state index in [0.29, 0.717) is 37.8 Å². The highest BCUT2D eigenvalue weighted by Crippen LogP contribution is 2.45. The average molecular weight is 402 g/mol. The van der Waals surface area contributed by atoms with E-state index in [-0.39, 0.29) is 23.8 Å². The molecule has 154 valence electrons. The number of imidazole rings is 1. The van der Waals surface area contributed by atoms with E-state index in [4.69, 9.17) is 0 Å². The third-order valence-corrected chi connectivity index (χ3v) is 6.69. The summed E-state index contributed by atoms with van der Waals surface area (Å²) in [6, 6.07) is 18.1. The maximum atomic E-state index is 13.3. The predicted octanol–water partition coefficient (Wildman–Crippen LogP) is 3.26. The Labute approximate surface area is 176 Å². The van der Waals surface area contributed by atoms with E-state index in [1.807, 2.05) is 70.8 Å².